The van der Waals surface area contributed by atoms with Crippen LogP contribution in [0.1, 0.15) is 15.9 Å². The summed E-state index contributed by atoms with van der Waals surface area (Å²) in [5.41, 5.74) is -0.0296. The Morgan fingerprint density at radius 2 is 1.68 bits per heavy atom. The molecule has 0 aliphatic heterocycles. The number of methoxy groups -OCH3 is 4. The van der Waals surface area contributed by atoms with E-state index in [4.69, 9.17) is 18.9 Å². The van der Waals surface area contributed by atoms with Gasteiger partial charge in [-0.3, -0.25) is 14.9 Å². The number of allylic oxidation sites excluding steroid dienone is 1. The van der Waals surface area contributed by atoms with Crippen molar-refractivity contribution in [2.45, 2.75) is 0 Å². The number of ketones is 1. The highest BCUT2D eigenvalue weighted by molar-refractivity contribution is 6.10. The summed E-state index contributed by atoms with van der Waals surface area (Å²) in [4.78, 5) is 23.2. The lowest BCUT2D eigenvalue weighted by Crippen LogP contribution is -2.01. The summed E-state index contributed by atoms with van der Waals surface area (Å²) in [6.45, 7) is 0. The summed E-state index contributed by atoms with van der Waals surface area (Å²) in [7, 11) is 5.41. The van der Waals surface area contributed by atoms with E-state index in [2.05, 4.69) is 0 Å². The first kappa shape index (κ1) is 20.6. The number of nitrogens with zero attached hydrogens (tertiary/aromatic N) is 1. The second-order valence-corrected chi connectivity index (χ2v) is 5.45. The highest BCUT2D eigenvalue weighted by atomic mass is 16.6. The van der Waals surface area contributed by atoms with Gasteiger partial charge in [0.2, 0.25) is 5.75 Å². The topological polar surface area (TPSA) is 117 Å². The number of carbonyl (C=O) groups is 1. The van der Waals surface area contributed by atoms with Crippen LogP contribution in [0.4, 0.5) is 5.69 Å². The maximum absolute atomic E-state index is 12.6. The van der Waals surface area contributed by atoms with E-state index in [1.807, 2.05) is 0 Å². The van der Waals surface area contributed by atoms with Crippen LogP contribution in [0.2, 0.25) is 0 Å². The molecule has 0 amide bonds. The Kier molecular flexibility index (Phi) is 6.43. The monoisotopic (exact) mass is 389 g/mol. The molecule has 0 aliphatic carbocycles. The molecule has 0 spiro atoms. The summed E-state index contributed by atoms with van der Waals surface area (Å²) in [6, 6.07) is 5.48. The van der Waals surface area contributed by atoms with Gasteiger partial charge < -0.3 is 24.1 Å². The first-order chi connectivity index (χ1) is 13.4. The minimum Gasteiger partial charge on any atom is -0.507 e. The lowest BCUT2D eigenvalue weighted by atomic mass is 10.1. The molecule has 28 heavy (non-hydrogen) atoms. The largest absolute Gasteiger partial charge is 0.507 e. The number of hydrogen-bond donors (Lipinski definition) is 1. The highest BCUT2D eigenvalue weighted by Crippen LogP contribution is 2.38. The smallest absolute Gasteiger partial charge is 0.315 e. The average molecular weight is 389 g/mol. The number of rotatable bonds is 8. The number of phenolic OH excluding ortho intramolecular Hbond substituents is 1. The Balaban J connectivity index is 2.45. The normalized spacial score (nSPS) is 10.6. The molecule has 9 nitrogen and oxygen atoms in total. The van der Waals surface area contributed by atoms with Gasteiger partial charge in [0.15, 0.2) is 11.5 Å². The van der Waals surface area contributed by atoms with E-state index in [9.17, 15) is 20.0 Å². The molecule has 0 unspecified atom stereocenters. The van der Waals surface area contributed by atoms with Crippen molar-refractivity contribution in [1.29, 1.82) is 0 Å². The van der Waals surface area contributed by atoms with Crippen LogP contribution in [0, 0.1) is 10.1 Å². The first-order valence-corrected chi connectivity index (χ1v) is 7.94. The maximum atomic E-state index is 12.6. The third kappa shape index (κ3) is 4.14. The Morgan fingerprint density at radius 3 is 2.21 bits per heavy atom. The number of carbonyl (C=O) groups excluding carboxylic acids is 1. The van der Waals surface area contributed by atoms with Crippen molar-refractivity contribution >= 4 is 17.5 Å². The minimum absolute atomic E-state index is 0.0227. The second kappa shape index (κ2) is 8.76. The summed E-state index contributed by atoms with van der Waals surface area (Å²) in [5, 5.41) is 21.4. The summed E-state index contributed by atoms with van der Waals surface area (Å²) in [5.74, 6) is -0.298. The van der Waals surface area contributed by atoms with Crippen molar-refractivity contribution < 1.29 is 33.8 Å². The first-order valence-electron chi connectivity index (χ1n) is 7.94. The number of aromatic hydroxyl groups is 1. The van der Waals surface area contributed by atoms with Gasteiger partial charge in [0, 0.05) is 18.2 Å². The van der Waals surface area contributed by atoms with Gasteiger partial charge in [-0.15, -0.1) is 0 Å². The quantitative estimate of drug-likeness (QED) is 0.316. The van der Waals surface area contributed by atoms with Gasteiger partial charge in [0.25, 0.3) is 0 Å². The number of ether oxygens (including phenoxy) is 4. The molecular weight excluding hydrogens is 370 g/mol. The predicted molar refractivity (Wildman–Crippen MR) is 101 cm³/mol. The van der Waals surface area contributed by atoms with Crippen LogP contribution >= 0.6 is 0 Å². The SMILES string of the molecule is COc1cc(O)c(C(=O)/C=C/c2cc(OC)c(OC)c([N+](=O)[O-])c2)c(OC)c1. The van der Waals surface area contributed by atoms with Crippen molar-refractivity contribution in [2.75, 3.05) is 28.4 Å². The summed E-state index contributed by atoms with van der Waals surface area (Å²) >= 11 is 0. The second-order valence-electron chi connectivity index (χ2n) is 5.45. The van der Waals surface area contributed by atoms with Gasteiger partial charge in [-0.2, -0.15) is 0 Å². The van der Waals surface area contributed by atoms with Crippen LogP contribution < -0.4 is 18.9 Å². The Bertz CT molecular complexity index is 936. The molecule has 2 aromatic carbocycles. The lowest BCUT2D eigenvalue weighted by molar-refractivity contribution is -0.385. The van der Waals surface area contributed by atoms with E-state index >= 15 is 0 Å². The van der Waals surface area contributed by atoms with Crippen LogP contribution in [0.25, 0.3) is 6.08 Å². The van der Waals surface area contributed by atoms with E-state index in [1.54, 1.807) is 0 Å². The summed E-state index contributed by atoms with van der Waals surface area (Å²) < 4.78 is 20.3. The molecule has 0 fully saturated rings. The molecule has 2 rings (SSSR count). The average Bonchev–Trinajstić information content (AvgIpc) is 2.70. The zero-order chi connectivity index (χ0) is 20.8. The van der Waals surface area contributed by atoms with E-state index in [0.717, 1.165) is 6.08 Å². The van der Waals surface area contributed by atoms with Gasteiger partial charge in [0.05, 0.1) is 33.4 Å². The Morgan fingerprint density at radius 1 is 1.00 bits per heavy atom. The number of nitro benzene ring substituents is 1. The molecule has 0 bridgehead atoms. The van der Waals surface area contributed by atoms with Crippen LogP contribution in [-0.4, -0.2) is 44.3 Å². The molecule has 9 heteroatoms. The fraction of sp³-hybridized carbons (Fsp3) is 0.211. The van der Waals surface area contributed by atoms with Crippen LogP contribution in [0.3, 0.4) is 0 Å². The van der Waals surface area contributed by atoms with Crippen molar-refractivity contribution in [1.82, 2.24) is 0 Å². The van der Waals surface area contributed by atoms with E-state index in [-0.39, 0.29) is 34.2 Å². The highest BCUT2D eigenvalue weighted by Gasteiger charge is 2.21. The van der Waals surface area contributed by atoms with Crippen LogP contribution in [0.5, 0.6) is 28.7 Å². The fourth-order valence-corrected chi connectivity index (χ4v) is 2.55. The zero-order valence-electron chi connectivity index (χ0n) is 15.7. The lowest BCUT2D eigenvalue weighted by Gasteiger charge is -2.10. The molecule has 148 valence electrons. The predicted octanol–water partition coefficient (Wildman–Crippen LogP) is 3.23. The van der Waals surface area contributed by atoms with Crippen molar-refractivity contribution in [3.63, 3.8) is 0 Å². The van der Waals surface area contributed by atoms with Gasteiger partial charge in [-0.05, 0) is 17.7 Å². The molecular formula is C19H19NO8. The van der Waals surface area contributed by atoms with E-state index < -0.39 is 10.7 Å². The van der Waals surface area contributed by atoms with Crippen molar-refractivity contribution in [3.05, 3.63) is 51.6 Å². The third-order valence-electron chi connectivity index (χ3n) is 3.86. The molecule has 1 N–H and O–H groups in total. The molecule has 0 atom stereocenters. The van der Waals surface area contributed by atoms with Crippen LogP contribution in [-0.2, 0) is 0 Å². The molecule has 0 saturated carbocycles. The Labute approximate surface area is 160 Å². The molecule has 0 heterocycles. The molecule has 0 aromatic heterocycles. The number of benzene rings is 2. The van der Waals surface area contributed by atoms with Crippen LogP contribution in [0.15, 0.2) is 30.3 Å². The van der Waals surface area contributed by atoms with Gasteiger partial charge in [-0.1, -0.05) is 6.08 Å². The number of hydrogen-bond acceptors (Lipinski definition) is 8. The molecule has 0 saturated heterocycles. The number of phenols is 1. The standard InChI is InChI=1S/C19H19NO8/c1-25-12-9-15(22)18(16(10-12)26-2)14(21)6-5-11-7-13(20(23)24)19(28-4)17(8-11)27-3/h5-10,22H,1-4H3/b6-5+. The van der Waals surface area contributed by atoms with Crippen molar-refractivity contribution in [3.8, 4) is 28.7 Å². The number of nitro groups is 1. The van der Waals surface area contributed by atoms with E-state index in [1.165, 1.54) is 58.8 Å². The maximum Gasteiger partial charge on any atom is 0.315 e. The third-order valence-corrected chi connectivity index (χ3v) is 3.86. The van der Waals surface area contributed by atoms with Gasteiger partial charge in [-0.25, -0.2) is 0 Å². The van der Waals surface area contributed by atoms with E-state index in [0.29, 0.717) is 11.3 Å². The Hall–Kier alpha value is -3.75. The van der Waals surface area contributed by atoms with Gasteiger partial charge in [0.1, 0.15) is 22.8 Å². The molecule has 0 radical (unpaired) electrons. The van der Waals surface area contributed by atoms with Crippen molar-refractivity contribution in [2.24, 2.45) is 0 Å². The fourth-order valence-electron chi connectivity index (χ4n) is 2.55. The molecule has 2 aromatic rings. The molecule has 0 aliphatic rings. The minimum atomic E-state index is -0.612. The zero-order valence-corrected chi connectivity index (χ0v) is 15.7. The summed E-state index contributed by atoms with van der Waals surface area (Å²) in [6.07, 6.45) is 2.52. The van der Waals surface area contributed by atoms with Gasteiger partial charge >= 0.3 is 5.69 Å².